The number of anilines is 1. The summed E-state index contributed by atoms with van der Waals surface area (Å²) in [6.45, 7) is 7.71. The van der Waals surface area contributed by atoms with E-state index in [-0.39, 0.29) is 30.2 Å². The lowest BCUT2D eigenvalue weighted by molar-refractivity contribution is -0.138. The molecular weight excluding hydrogens is 308 g/mol. The van der Waals surface area contributed by atoms with Crippen molar-refractivity contribution in [3.05, 3.63) is 24.3 Å². The van der Waals surface area contributed by atoms with Crippen LogP contribution in [0.25, 0.3) is 0 Å². The van der Waals surface area contributed by atoms with Crippen LogP contribution < -0.4 is 9.64 Å². The lowest BCUT2D eigenvalue weighted by Crippen LogP contribution is -2.48. The van der Waals surface area contributed by atoms with Crippen molar-refractivity contribution in [2.75, 3.05) is 11.5 Å². The van der Waals surface area contributed by atoms with E-state index in [2.05, 4.69) is 0 Å². The van der Waals surface area contributed by atoms with Gasteiger partial charge in [-0.3, -0.25) is 14.4 Å². The van der Waals surface area contributed by atoms with Gasteiger partial charge in [0.2, 0.25) is 11.8 Å². The third kappa shape index (κ3) is 3.42. The maximum absolute atomic E-state index is 12.8. The first-order valence-corrected chi connectivity index (χ1v) is 8.29. The van der Waals surface area contributed by atoms with Gasteiger partial charge in [0.25, 0.3) is 5.91 Å². The van der Waals surface area contributed by atoms with Crippen LogP contribution in [0.4, 0.5) is 5.69 Å². The number of amides is 3. The van der Waals surface area contributed by atoms with E-state index >= 15 is 0 Å². The van der Waals surface area contributed by atoms with Crippen molar-refractivity contribution < 1.29 is 19.1 Å². The average Bonchev–Trinajstić information content (AvgIpc) is 2.83. The predicted molar refractivity (Wildman–Crippen MR) is 90.8 cm³/mol. The number of ether oxygens (including phenoxy) is 1. The van der Waals surface area contributed by atoms with Crippen molar-refractivity contribution in [2.24, 2.45) is 0 Å². The van der Waals surface area contributed by atoms with Crippen molar-refractivity contribution >= 4 is 23.4 Å². The summed E-state index contributed by atoms with van der Waals surface area (Å²) in [7, 11) is 0. The van der Waals surface area contributed by atoms with Gasteiger partial charge in [0.1, 0.15) is 11.8 Å². The molecule has 3 amide bonds. The van der Waals surface area contributed by atoms with Crippen LogP contribution in [0.2, 0.25) is 0 Å². The Morgan fingerprint density at radius 2 is 1.92 bits per heavy atom. The van der Waals surface area contributed by atoms with Crippen molar-refractivity contribution in [2.45, 2.75) is 52.6 Å². The maximum Gasteiger partial charge on any atom is 0.257 e. The molecule has 0 radical (unpaired) electrons. The molecular formula is C18H24N2O4. The molecule has 0 spiro atoms. The summed E-state index contributed by atoms with van der Waals surface area (Å²) < 4.78 is 5.37. The number of imide groups is 1. The molecule has 6 nitrogen and oxygen atoms in total. The molecule has 1 fully saturated rings. The quantitative estimate of drug-likeness (QED) is 0.750. The fourth-order valence-corrected chi connectivity index (χ4v) is 3.00. The summed E-state index contributed by atoms with van der Waals surface area (Å²) in [5.41, 5.74) is 0.503. The van der Waals surface area contributed by atoms with Gasteiger partial charge < -0.3 is 9.64 Å². The Morgan fingerprint density at radius 1 is 1.29 bits per heavy atom. The van der Waals surface area contributed by atoms with Crippen LogP contribution in [0.3, 0.4) is 0 Å². The van der Waals surface area contributed by atoms with Crippen LogP contribution in [0, 0.1) is 0 Å². The van der Waals surface area contributed by atoms with Gasteiger partial charge in [-0.2, -0.15) is 0 Å². The minimum absolute atomic E-state index is 0.0238. The SMILES string of the molecule is CCOc1ccc(N2C(=O)CC(N(C(C)=O)C(C)CC)C2=O)cc1. The summed E-state index contributed by atoms with van der Waals surface area (Å²) in [6.07, 6.45) is 0.747. The number of hydrogen-bond donors (Lipinski definition) is 0. The molecule has 0 aromatic heterocycles. The molecule has 130 valence electrons. The largest absolute Gasteiger partial charge is 0.494 e. The van der Waals surface area contributed by atoms with Crippen molar-refractivity contribution in [1.29, 1.82) is 0 Å². The molecule has 1 aliphatic rings. The number of carbonyl (C=O) groups is 3. The predicted octanol–water partition coefficient (Wildman–Crippen LogP) is 2.36. The topological polar surface area (TPSA) is 66.9 Å². The van der Waals surface area contributed by atoms with E-state index in [0.717, 1.165) is 6.42 Å². The molecule has 1 aromatic rings. The lowest BCUT2D eigenvalue weighted by Gasteiger charge is -2.31. The van der Waals surface area contributed by atoms with Gasteiger partial charge in [-0.05, 0) is 44.5 Å². The third-order valence-electron chi connectivity index (χ3n) is 4.29. The summed E-state index contributed by atoms with van der Waals surface area (Å²) in [4.78, 5) is 39.8. The van der Waals surface area contributed by atoms with E-state index in [1.165, 1.54) is 16.7 Å². The van der Waals surface area contributed by atoms with E-state index in [4.69, 9.17) is 4.74 Å². The third-order valence-corrected chi connectivity index (χ3v) is 4.29. The van der Waals surface area contributed by atoms with Gasteiger partial charge in [0.15, 0.2) is 0 Å². The minimum atomic E-state index is -0.725. The van der Waals surface area contributed by atoms with Gasteiger partial charge in [0.05, 0.1) is 18.7 Å². The molecule has 2 rings (SSSR count). The zero-order valence-electron chi connectivity index (χ0n) is 14.6. The smallest absolute Gasteiger partial charge is 0.257 e. The monoisotopic (exact) mass is 332 g/mol. The number of nitrogens with zero attached hydrogens (tertiary/aromatic N) is 2. The molecule has 0 aliphatic carbocycles. The number of hydrogen-bond acceptors (Lipinski definition) is 4. The van der Waals surface area contributed by atoms with Gasteiger partial charge in [-0.15, -0.1) is 0 Å². The Bertz CT molecular complexity index is 626. The standard InChI is InChI=1S/C18H24N2O4/c1-5-12(3)19(13(4)21)16-11-17(22)20(18(16)23)14-7-9-15(10-8-14)24-6-2/h7-10,12,16H,5-6,11H2,1-4H3. The van der Waals surface area contributed by atoms with Crippen LogP contribution in [0.5, 0.6) is 5.75 Å². The first-order valence-electron chi connectivity index (χ1n) is 8.29. The minimum Gasteiger partial charge on any atom is -0.494 e. The highest BCUT2D eigenvalue weighted by molar-refractivity contribution is 6.23. The molecule has 2 atom stereocenters. The van der Waals surface area contributed by atoms with Crippen LogP contribution in [-0.2, 0) is 14.4 Å². The van der Waals surface area contributed by atoms with E-state index in [0.29, 0.717) is 18.0 Å². The lowest BCUT2D eigenvalue weighted by atomic mass is 10.1. The highest BCUT2D eigenvalue weighted by Crippen LogP contribution is 2.28. The first-order chi connectivity index (χ1) is 11.4. The van der Waals surface area contributed by atoms with Crippen LogP contribution in [-0.4, -0.2) is 41.3 Å². The molecule has 0 bridgehead atoms. The van der Waals surface area contributed by atoms with Gasteiger partial charge >= 0.3 is 0 Å². The van der Waals surface area contributed by atoms with E-state index in [1.807, 2.05) is 20.8 Å². The second-order valence-corrected chi connectivity index (χ2v) is 5.90. The molecule has 0 saturated carbocycles. The van der Waals surface area contributed by atoms with E-state index in [9.17, 15) is 14.4 Å². The summed E-state index contributed by atoms with van der Waals surface area (Å²) in [6, 6.07) is 6.00. The molecule has 1 aliphatic heterocycles. The maximum atomic E-state index is 12.8. The van der Waals surface area contributed by atoms with Gasteiger partial charge in [0, 0.05) is 13.0 Å². The Morgan fingerprint density at radius 3 is 2.42 bits per heavy atom. The van der Waals surface area contributed by atoms with Crippen LogP contribution in [0.1, 0.15) is 40.5 Å². The second kappa shape index (κ2) is 7.47. The number of benzene rings is 1. The molecule has 1 aromatic carbocycles. The zero-order valence-corrected chi connectivity index (χ0v) is 14.6. The molecule has 0 N–H and O–H groups in total. The molecule has 1 heterocycles. The summed E-state index contributed by atoms with van der Waals surface area (Å²) in [5.74, 6) is -0.144. The van der Waals surface area contributed by atoms with Gasteiger partial charge in [-0.1, -0.05) is 6.92 Å². The molecule has 24 heavy (non-hydrogen) atoms. The Balaban J connectivity index is 2.26. The summed E-state index contributed by atoms with van der Waals surface area (Å²) >= 11 is 0. The molecule has 6 heteroatoms. The number of carbonyl (C=O) groups excluding carboxylic acids is 3. The highest BCUT2D eigenvalue weighted by atomic mass is 16.5. The van der Waals surface area contributed by atoms with E-state index < -0.39 is 6.04 Å². The first kappa shape index (κ1) is 18.0. The second-order valence-electron chi connectivity index (χ2n) is 5.90. The van der Waals surface area contributed by atoms with E-state index in [1.54, 1.807) is 24.3 Å². The van der Waals surface area contributed by atoms with Crippen molar-refractivity contribution in [3.63, 3.8) is 0 Å². The van der Waals surface area contributed by atoms with Crippen molar-refractivity contribution in [3.8, 4) is 5.75 Å². The zero-order chi connectivity index (χ0) is 17.9. The molecule has 2 unspecified atom stereocenters. The Labute approximate surface area is 142 Å². The van der Waals surface area contributed by atoms with Gasteiger partial charge in [-0.25, -0.2) is 4.90 Å². The fraction of sp³-hybridized carbons (Fsp3) is 0.500. The normalized spacial score (nSPS) is 18.7. The average molecular weight is 332 g/mol. The van der Waals surface area contributed by atoms with Crippen LogP contribution in [0.15, 0.2) is 24.3 Å². The van der Waals surface area contributed by atoms with Crippen LogP contribution >= 0.6 is 0 Å². The summed E-state index contributed by atoms with van der Waals surface area (Å²) in [5, 5.41) is 0. The molecule has 1 saturated heterocycles. The van der Waals surface area contributed by atoms with Crippen molar-refractivity contribution in [1.82, 2.24) is 4.90 Å². The Kier molecular flexibility index (Phi) is 5.59. The highest BCUT2D eigenvalue weighted by Gasteiger charge is 2.44. The number of rotatable bonds is 6. The Hall–Kier alpha value is -2.37. The fourth-order valence-electron chi connectivity index (χ4n) is 3.00.